The molecule has 0 aromatic carbocycles. The van der Waals surface area contributed by atoms with Crippen molar-refractivity contribution in [3.63, 3.8) is 0 Å². The van der Waals surface area contributed by atoms with Crippen LogP contribution in [0.5, 0.6) is 0 Å². The summed E-state index contributed by atoms with van der Waals surface area (Å²) in [5.74, 6) is -0.198. The summed E-state index contributed by atoms with van der Waals surface area (Å²) < 4.78 is 3.83. The van der Waals surface area contributed by atoms with Gasteiger partial charge in [-0.1, -0.05) is 21.9 Å². The summed E-state index contributed by atoms with van der Waals surface area (Å²) in [7, 11) is 0. The first-order valence-electron chi connectivity index (χ1n) is 7.53. The summed E-state index contributed by atoms with van der Waals surface area (Å²) in [6.45, 7) is 2.89. The third kappa shape index (κ3) is 3.20. The number of thiazole rings is 1. The molecule has 4 heterocycles. The van der Waals surface area contributed by atoms with E-state index in [4.69, 9.17) is 0 Å². The van der Waals surface area contributed by atoms with Crippen LogP contribution >= 0.6 is 34.2 Å². The molecule has 1 aliphatic rings. The van der Waals surface area contributed by atoms with Crippen molar-refractivity contribution in [2.45, 2.75) is 19.9 Å². The predicted octanol–water partition coefficient (Wildman–Crippen LogP) is 2.82. The number of anilines is 1. The summed E-state index contributed by atoms with van der Waals surface area (Å²) in [6, 6.07) is 3.62. The molecule has 1 aliphatic heterocycles. The van der Waals surface area contributed by atoms with Crippen molar-refractivity contribution >= 4 is 51.2 Å². The maximum absolute atomic E-state index is 12.6. The van der Waals surface area contributed by atoms with Crippen molar-refractivity contribution in [1.29, 1.82) is 0 Å². The fourth-order valence-corrected chi connectivity index (χ4v) is 4.82. The average Bonchev–Trinajstić information content (AvgIpc) is 3.33. The number of rotatable bonds is 3. The van der Waals surface area contributed by atoms with Gasteiger partial charge in [-0.15, -0.1) is 16.4 Å². The standard InChI is InChI=1S/C15H13N5O2S3/c1-8-12(25-19-18-8)14(22)20-5-4-9-11(7-20)24-15(16-9)17-13(21)10-3-2-6-23-10/h2-3,6H,4-5,7H2,1H3,(H,16,17,21). The highest BCUT2D eigenvalue weighted by Crippen LogP contribution is 2.30. The number of hydrogen-bond donors (Lipinski definition) is 1. The summed E-state index contributed by atoms with van der Waals surface area (Å²) in [5, 5.41) is 9.18. The number of amides is 2. The molecule has 0 aliphatic carbocycles. The third-order valence-electron chi connectivity index (χ3n) is 3.83. The Morgan fingerprint density at radius 2 is 2.24 bits per heavy atom. The minimum Gasteiger partial charge on any atom is -0.332 e. The molecule has 0 saturated carbocycles. The lowest BCUT2D eigenvalue weighted by molar-refractivity contribution is 0.0740. The number of thiophene rings is 1. The number of aromatic nitrogens is 3. The summed E-state index contributed by atoms with van der Waals surface area (Å²) in [6.07, 6.45) is 0.678. The van der Waals surface area contributed by atoms with Gasteiger partial charge < -0.3 is 4.90 Å². The van der Waals surface area contributed by atoms with Gasteiger partial charge >= 0.3 is 0 Å². The van der Waals surface area contributed by atoms with E-state index in [1.54, 1.807) is 17.9 Å². The first kappa shape index (κ1) is 16.3. The topological polar surface area (TPSA) is 88.1 Å². The third-order valence-corrected chi connectivity index (χ3v) is 6.51. The highest BCUT2D eigenvalue weighted by atomic mass is 32.1. The van der Waals surface area contributed by atoms with Gasteiger partial charge in [-0.3, -0.25) is 14.9 Å². The number of nitrogens with zero attached hydrogens (tertiary/aromatic N) is 4. The molecule has 128 valence electrons. The number of nitrogens with one attached hydrogen (secondary N) is 1. The van der Waals surface area contributed by atoms with E-state index in [1.807, 2.05) is 11.4 Å². The smallest absolute Gasteiger partial charge is 0.267 e. The van der Waals surface area contributed by atoms with Crippen LogP contribution in [0.15, 0.2) is 17.5 Å². The number of aryl methyl sites for hydroxylation is 1. The summed E-state index contributed by atoms with van der Waals surface area (Å²) in [4.78, 5) is 33.3. The minimum atomic E-state index is -0.152. The number of carbonyl (C=O) groups is 2. The van der Waals surface area contributed by atoms with Crippen molar-refractivity contribution in [2.75, 3.05) is 11.9 Å². The first-order chi connectivity index (χ1) is 12.1. The molecule has 2 amide bonds. The zero-order valence-corrected chi connectivity index (χ0v) is 15.6. The molecular weight excluding hydrogens is 378 g/mol. The second kappa shape index (κ2) is 6.62. The second-order valence-electron chi connectivity index (χ2n) is 5.48. The Hall–Kier alpha value is -2.17. The van der Waals surface area contributed by atoms with Gasteiger partial charge in [-0.25, -0.2) is 4.98 Å². The quantitative estimate of drug-likeness (QED) is 0.742. The Balaban J connectivity index is 1.49. The van der Waals surface area contributed by atoms with Gasteiger partial charge in [0.1, 0.15) is 4.88 Å². The van der Waals surface area contributed by atoms with Crippen LogP contribution in [0.1, 0.15) is 35.6 Å². The lowest BCUT2D eigenvalue weighted by Gasteiger charge is -2.25. The monoisotopic (exact) mass is 391 g/mol. The van der Waals surface area contributed by atoms with Gasteiger partial charge in [0.2, 0.25) is 0 Å². The van der Waals surface area contributed by atoms with E-state index in [9.17, 15) is 9.59 Å². The van der Waals surface area contributed by atoms with E-state index < -0.39 is 0 Å². The molecule has 1 N–H and O–H groups in total. The van der Waals surface area contributed by atoms with E-state index in [-0.39, 0.29) is 11.8 Å². The molecular formula is C15H13N5O2S3. The van der Waals surface area contributed by atoms with Crippen molar-refractivity contribution in [3.8, 4) is 0 Å². The molecule has 0 saturated heterocycles. The van der Waals surface area contributed by atoms with Crippen LogP contribution in [0.4, 0.5) is 5.13 Å². The highest BCUT2D eigenvalue weighted by molar-refractivity contribution is 7.16. The molecule has 0 fully saturated rings. The van der Waals surface area contributed by atoms with Crippen LogP contribution < -0.4 is 5.32 Å². The zero-order valence-electron chi connectivity index (χ0n) is 13.2. The number of hydrogen-bond acceptors (Lipinski definition) is 8. The maximum Gasteiger partial charge on any atom is 0.267 e. The lowest BCUT2D eigenvalue weighted by atomic mass is 10.1. The zero-order chi connectivity index (χ0) is 17.4. The minimum absolute atomic E-state index is 0.0456. The number of fused-ring (bicyclic) bond motifs is 1. The van der Waals surface area contributed by atoms with Gasteiger partial charge in [0.15, 0.2) is 5.13 Å². The molecule has 0 radical (unpaired) electrons. The highest BCUT2D eigenvalue weighted by Gasteiger charge is 2.27. The van der Waals surface area contributed by atoms with E-state index in [0.717, 1.165) is 22.1 Å². The SMILES string of the molecule is Cc1nnsc1C(=O)N1CCc2nc(NC(=O)c3cccs3)sc2C1. The Morgan fingerprint density at radius 3 is 2.96 bits per heavy atom. The van der Waals surface area contributed by atoms with Crippen molar-refractivity contribution in [3.05, 3.63) is 43.5 Å². The van der Waals surface area contributed by atoms with Gasteiger partial charge in [0.25, 0.3) is 11.8 Å². The van der Waals surface area contributed by atoms with E-state index in [0.29, 0.717) is 40.1 Å². The largest absolute Gasteiger partial charge is 0.332 e. The van der Waals surface area contributed by atoms with Crippen LogP contribution in [0.2, 0.25) is 0 Å². The van der Waals surface area contributed by atoms with Gasteiger partial charge in [-0.2, -0.15) is 0 Å². The second-order valence-corrected chi connectivity index (χ2v) is 8.27. The molecule has 0 bridgehead atoms. The fourth-order valence-electron chi connectivity index (χ4n) is 2.56. The van der Waals surface area contributed by atoms with Crippen LogP contribution in [0.3, 0.4) is 0 Å². The summed E-state index contributed by atoms with van der Waals surface area (Å²) >= 11 is 3.94. The molecule has 0 unspecified atom stereocenters. The molecule has 25 heavy (non-hydrogen) atoms. The predicted molar refractivity (Wildman–Crippen MR) is 97.5 cm³/mol. The molecule has 7 nitrogen and oxygen atoms in total. The molecule has 3 aromatic rings. The first-order valence-corrected chi connectivity index (χ1v) is 10.0. The average molecular weight is 392 g/mol. The van der Waals surface area contributed by atoms with Crippen LogP contribution in [0, 0.1) is 6.92 Å². The van der Waals surface area contributed by atoms with E-state index >= 15 is 0 Å². The van der Waals surface area contributed by atoms with Crippen LogP contribution in [-0.2, 0) is 13.0 Å². The fraction of sp³-hybridized carbons (Fsp3) is 0.267. The Bertz CT molecular complexity index is 931. The molecule has 10 heteroatoms. The van der Waals surface area contributed by atoms with Gasteiger partial charge in [0, 0.05) is 17.8 Å². The van der Waals surface area contributed by atoms with Crippen LogP contribution in [-0.4, -0.2) is 37.8 Å². The van der Waals surface area contributed by atoms with Crippen molar-refractivity contribution < 1.29 is 9.59 Å². The molecule has 0 atom stereocenters. The van der Waals surface area contributed by atoms with Gasteiger partial charge in [0.05, 0.1) is 22.8 Å². The van der Waals surface area contributed by atoms with Crippen molar-refractivity contribution in [1.82, 2.24) is 19.5 Å². The van der Waals surface area contributed by atoms with E-state index in [1.165, 1.54) is 22.7 Å². The molecule has 3 aromatic heterocycles. The van der Waals surface area contributed by atoms with Crippen LogP contribution in [0.25, 0.3) is 0 Å². The molecule has 0 spiro atoms. The van der Waals surface area contributed by atoms with Crippen molar-refractivity contribution in [2.24, 2.45) is 0 Å². The Morgan fingerprint density at radius 1 is 1.36 bits per heavy atom. The summed E-state index contributed by atoms with van der Waals surface area (Å²) in [5.41, 5.74) is 1.61. The lowest BCUT2D eigenvalue weighted by Crippen LogP contribution is -2.35. The van der Waals surface area contributed by atoms with Gasteiger partial charge in [-0.05, 0) is 29.9 Å². The van der Waals surface area contributed by atoms with E-state index in [2.05, 4.69) is 19.9 Å². The molecule has 4 rings (SSSR count). The Kier molecular flexibility index (Phi) is 4.32. The Labute approximate surface area is 155 Å². The normalized spacial score (nSPS) is 13.6. The maximum atomic E-state index is 12.6. The number of carbonyl (C=O) groups excluding carboxylic acids is 2.